The van der Waals surface area contributed by atoms with Crippen molar-refractivity contribution in [3.05, 3.63) is 125 Å². The summed E-state index contributed by atoms with van der Waals surface area (Å²) < 4.78 is 46.7. The van der Waals surface area contributed by atoms with Gasteiger partial charge in [-0.05, 0) is 46.5 Å². The van der Waals surface area contributed by atoms with Crippen LogP contribution in [0.3, 0.4) is 0 Å². The molecule has 0 radical (unpaired) electrons. The lowest BCUT2D eigenvalue weighted by molar-refractivity contribution is -0.353. The maximum Gasteiger partial charge on any atom is 0.246 e. The van der Waals surface area contributed by atoms with E-state index < -0.39 is 215 Å². The Morgan fingerprint density at radius 3 is 1.90 bits per heavy atom. The SMILES string of the molecule is COc1ccc(COCC2OC(OC3C(CO)OC(Oc4ccc(CC(NC(=O)C(N)C(C)c5ccccc5)C(=O)NC(C(=O)NC(C(=O)NC(C=O)CO)C(O)C5CN=C(N)N5C5OC(CO)C(O)C(O)C5O)C(O)C5CN=C(N)N5)cc4)C(O)C3O)C(O)C(O)C2O)cc1OCc1ccccc1. The standard InChI is InChI=1S/C67H91N11O26/c1-30(34-11-7-4-8-12-34)45(68)60(94)74-37(59(93)76-46(48(83)38-21-71-66(69)75-38)62(96)77-47(61(95)73-35(23-79)24-80)49(84)39-22-72-67(70)78(39)63-55(90)52(87)50(85)42(25-81)101-63)19-31-13-16-36(17-14-31)100-64-57(92)54(89)58(43(26-82)102-64)104-65-56(91)53(88)51(86)44(103-65)29-98-27-33-15-18-40(97-2)41(20-33)99-28-32-9-5-3-6-10-32/h3-18,20,23,30,35,37-39,42-58,63-65,80-92H,19,21-22,24-29,68H2,1-2H3,(H2,70,72)(H,73,95)(H,74,94)(H,76,93)(H,77,96)(H3,69,71,75). The number of aliphatic imine (C=N–C) groups is 2. The highest BCUT2D eigenvalue weighted by molar-refractivity contribution is 5.96. The quantitative estimate of drug-likeness (QED) is 0.0197. The molecule has 570 valence electrons. The second-order valence-electron chi connectivity index (χ2n) is 25.6. The van der Waals surface area contributed by atoms with Crippen molar-refractivity contribution in [1.29, 1.82) is 0 Å². The summed E-state index contributed by atoms with van der Waals surface area (Å²) >= 11 is 0. The minimum Gasteiger partial charge on any atom is -0.493 e. The van der Waals surface area contributed by atoms with Crippen LogP contribution in [0.5, 0.6) is 17.2 Å². The zero-order chi connectivity index (χ0) is 75.2. The Kier molecular flexibility index (Phi) is 28.0. The van der Waals surface area contributed by atoms with Gasteiger partial charge in [-0.1, -0.05) is 85.8 Å². The molecular weight excluding hydrogens is 1370 g/mol. The molecule has 0 bridgehead atoms. The first kappa shape index (κ1) is 79.7. The highest BCUT2D eigenvalue weighted by Crippen LogP contribution is 2.34. The number of nitrogens with zero attached hydrogens (tertiary/aromatic N) is 3. The minimum absolute atomic E-state index is 0.0397. The largest absolute Gasteiger partial charge is 0.493 e. The number of ether oxygens (including phenoxy) is 8. The van der Waals surface area contributed by atoms with Crippen LogP contribution in [0.15, 0.2) is 113 Å². The number of benzene rings is 4. The third-order valence-corrected chi connectivity index (χ3v) is 18.5. The lowest BCUT2D eigenvalue weighted by Gasteiger charge is -2.46. The summed E-state index contributed by atoms with van der Waals surface area (Å²) in [6, 6.07) is 16.7. The molecule has 0 saturated carbocycles. The number of rotatable bonds is 33. The molecule has 3 fully saturated rings. The molecule has 4 aromatic carbocycles. The van der Waals surface area contributed by atoms with Crippen LogP contribution in [0, 0.1) is 0 Å². The molecule has 24 N–H and O–H groups in total. The number of aliphatic hydroxyl groups is 13. The number of hydrogen-bond donors (Lipinski definition) is 21. The van der Waals surface area contributed by atoms with Crippen molar-refractivity contribution in [2.45, 2.75) is 179 Å². The second kappa shape index (κ2) is 36.5. The van der Waals surface area contributed by atoms with Crippen molar-refractivity contribution in [2.75, 3.05) is 46.6 Å². The maximum absolute atomic E-state index is 15.0. The fourth-order valence-electron chi connectivity index (χ4n) is 12.4. The first-order valence-electron chi connectivity index (χ1n) is 33.3. The van der Waals surface area contributed by atoms with Crippen LogP contribution in [0.1, 0.15) is 35.1 Å². The van der Waals surface area contributed by atoms with Gasteiger partial charge >= 0.3 is 0 Å². The summed E-state index contributed by atoms with van der Waals surface area (Å²) in [6.45, 7) is -2.05. The summed E-state index contributed by atoms with van der Waals surface area (Å²) in [6.07, 6.45) is -31.2. The van der Waals surface area contributed by atoms with Crippen molar-refractivity contribution >= 4 is 41.8 Å². The molecule has 0 aromatic heterocycles. The van der Waals surface area contributed by atoms with Gasteiger partial charge < -0.3 is 158 Å². The Hall–Kier alpha value is -8.39. The normalized spacial score (nSPS) is 29.9. The number of aldehydes is 1. The molecule has 5 aliphatic heterocycles. The fraction of sp³-hybridized carbons (Fsp3) is 0.537. The molecule has 9 rings (SSSR count). The lowest BCUT2D eigenvalue weighted by atomic mass is 9.93. The first-order chi connectivity index (χ1) is 49.8. The Labute approximate surface area is 595 Å². The molecular formula is C67H91N11O26. The summed E-state index contributed by atoms with van der Waals surface area (Å²) in [4.78, 5) is 79.4. The van der Waals surface area contributed by atoms with E-state index in [0.29, 0.717) is 22.6 Å². The molecule has 37 nitrogen and oxygen atoms in total. The summed E-state index contributed by atoms with van der Waals surface area (Å²) in [5.41, 5.74) is 21.1. The summed E-state index contributed by atoms with van der Waals surface area (Å²) in [5.74, 6) is -5.32. The zero-order valence-corrected chi connectivity index (χ0v) is 56.4. The molecule has 25 atom stereocenters. The van der Waals surface area contributed by atoms with Gasteiger partial charge in [-0.3, -0.25) is 29.2 Å². The minimum atomic E-state index is -2.27. The van der Waals surface area contributed by atoms with E-state index in [9.17, 15) is 85.6 Å². The van der Waals surface area contributed by atoms with Gasteiger partial charge in [-0.25, -0.2) is 0 Å². The van der Waals surface area contributed by atoms with Crippen LogP contribution in [0.2, 0.25) is 0 Å². The van der Waals surface area contributed by atoms with Gasteiger partial charge in [0.1, 0.15) is 128 Å². The van der Waals surface area contributed by atoms with E-state index in [-0.39, 0.29) is 49.9 Å². The van der Waals surface area contributed by atoms with E-state index in [1.54, 1.807) is 55.5 Å². The van der Waals surface area contributed by atoms with E-state index in [1.165, 1.54) is 31.4 Å². The maximum atomic E-state index is 15.0. The van der Waals surface area contributed by atoms with Gasteiger partial charge in [0.2, 0.25) is 29.9 Å². The molecule has 5 heterocycles. The number of hydrogen-bond acceptors (Lipinski definition) is 33. The zero-order valence-electron chi connectivity index (χ0n) is 56.4. The predicted molar refractivity (Wildman–Crippen MR) is 359 cm³/mol. The highest BCUT2D eigenvalue weighted by Gasteiger charge is 2.54. The number of methoxy groups -OCH3 is 1. The number of nitrogens with two attached hydrogens (primary N) is 3. The van der Waals surface area contributed by atoms with Crippen LogP contribution in [-0.2, 0) is 67.3 Å². The number of guanidine groups is 2. The van der Waals surface area contributed by atoms with Crippen LogP contribution < -0.4 is 58.0 Å². The van der Waals surface area contributed by atoms with Gasteiger partial charge in [0, 0.05) is 12.3 Å². The molecule has 3 saturated heterocycles. The number of carbonyl (C=O) groups is 5. The Morgan fingerprint density at radius 1 is 0.644 bits per heavy atom. The molecule has 25 unspecified atom stereocenters. The van der Waals surface area contributed by atoms with Crippen molar-refractivity contribution in [1.82, 2.24) is 31.5 Å². The van der Waals surface area contributed by atoms with Gasteiger partial charge in [0.05, 0.1) is 71.4 Å². The van der Waals surface area contributed by atoms with Crippen LogP contribution in [0.4, 0.5) is 0 Å². The monoisotopic (exact) mass is 1470 g/mol. The molecule has 5 aliphatic rings. The smallest absolute Gasteiger partial charge is 0.246 e. The number of aliphatic hydroxyl groups excluding tert-OH is 13. The van der Waals surface area contributed by atoms with Crippen LogP contribution in [0.25, 0.3) is 0 Å². The summed E-state index contributed by atoms with van der Waals surface area (Å²) in [7, 11) is 1.49. The Balaban J connectivity index is 0.902. The predicted octanol–water partition coefficient (Wildman–Crippen LogP) is -8.89. The molecule has 37 heteroatoms. The van der Waals surface area contributed by atoms with E-state index in [2.05, 4.69) is 36.6 Å². The van der Waals surface area contributed by atoms with Gasteiger partial charge in [-0.2, -0.15) is 0 Å². The Bertz CT molecular complexity index is 3540. The van der Waals surface area contributed by atoms with E-state index in [1.807, 2.05) is 30.3 Å². The van der Waals surface area contributed by atoms with Gasteiger partial charge in [0.15, 0.2) is 35.9 Å². The van der Waals surface area contributed by atoms with E-state index in [4.69, 9.17) is 55.1 Å². The summed E-state index contributed by atoms with van der Waals surface area (Å²) in [5, 5.41) is 155. The van der Waals surface area contributed by atoms with Crippen molar-refractivity contribution in [3.8, 4) is 17.2 Å². The van der Waals surface area contributed by atoms with Gasteiger partial charge in [0.25, 0.3) is 0 Å². The number of amides is 4. The van der Waals surface area contributed by atoms with E-state index in [0.717, 1.165) is 10.5 Å². The number of carbonyl (C=O) groups excluding carboxylic acids is 5. The number of nitrogens with one attached hydrogen (secondary N) is 5. The molecule has 0 spiro atoms. The average molecular weight is 1470 g/mol. The fourth-order valence-corrected chi connectivity index (χ4v) is 12.4. The third kappa shape index (κ3) is 19.0. The molecule has 4 amide bonds. The second-order valence-corrected chi connectivity index (χ2v) is 25.6. The van der Waals surface area contributed by atoms with Crippen molar-refractivity contribution in [3.63, 3.8) is 0 Å². The molecule has 4 aromatic rings. The average Bonchev–Trinajstić information content (AvgIpc) is 1.15. The van der Waals surface area contributed by atoms with Crippen molar-refractivity contribution < 1.29 is 128 Å². The van der Waals surface area contributed by atoms with Crippen LogP contribution >= 0.6 is 0 Å². The van der Waals surface area contributed by atoms with Gasteiger partial charge in [-0.15, -0.1) is 0 Å². The highest BCUT2D eigenvalue weighted by atomic mass is 16.7. The first-order valence-corrected chi connectivity index (χ1v) is 33.3. The third-order valence-electron chi connectivity index (χ3n) is 18.5. The molecule has 0 aliphatic carbocycles. The van der Waals surface area contributed by atoms with Crippen LogP contribution in [-0.4, -0.2) is 306 Å². The Morgan fingerprint density at radius 2 is 1.26 bits per heavy atom. The van der Waals surface area contributed by atoms with Crippen molar-refractivity contribution in [2.24, 2.45) is 27.2 Å². The topological polar surface area (TPSA) is 588 Å². The van der Waals surface area contributed by atoms with E-state index >= 15 is 4.79 Å². The lowest BCUT2D eigenvalue weighted by Crippen LogP contribution is -2.70. The molecule has 104 heavy (non-hydrogen) atoms.